The van der Waals surface area contributed by atoms with Crippen molar-refractivity contribution in [1.82, 2.24) is 0 Å². The van der Waals surface area contributed by atoms with E-state index in [1.165, 1.54) is 0 Å². The minimum Gasteiger partial charge on any atom is -0.508 e. The summed E-state index contributed by atoms with van der Waals surface area (Å²) in [6.07, 6.45) is 4.09. The Labute approximate surface area is 94.3 Å². The molecule has 0 bridgehead atoms. The fourth-order valence-corrected chi connectivity index (χ4v) is 1.74. The van der Waals surface area contributed by atoms with Gasteiger partial charge in [-0.2, -0.15) is 0 Å². The van der Waals surface area contributed by atoms with E-state index in [2.05, 4.69) is 9.98 Å². The van der Waals surface area contributed by atoms with Gasteiger partial charge in [0, 0.05) is 31.5 Å². The van der Waals surface area contributed by atoms with Crippen molar-refractivity contribution in [3.8, 4) is 5.75 Å². The lowest BCUT2D eigenvalue weighted by Crippen LogP contribution is -2.21. The number of aliphatic imine (C=N–C) groups is 2. The second-order valence-corrected chi connectivity index (χ2v) is 3.66. The Morgan fingerprint density at radius 3 is 2.38 bits per heavy atom. The molecular formula is C12H14N2O2. The Morgan fingerprint density at radius 1 is 1.19 bits per heavy atom. The summed E-state index contributed by atoms with van der Waals surface area (Å²) in [5, 5.41) is 9.26. The molecule has 1 aliphatic heterocycles. The average molecular weight is 218 g/mol. The quantitative estimate of drug-likeness (QED) is 0.836. The lowest BCUT2D eigenvalue weighted by Gasteiger charge is -2.23. The Balaban J connectivity index is 2.29. The van der Waals surface area contributed by atoms with Gasteiger partial charge in [-0.15, -0.1) is 0 Å². The molecule has 0 saturated heterocycles. The van der Waals surface area contributed by atoms with Gasteiger partial charge >= 0.3 is 0 Å². The number of benzene rings is 1. The highest BCUT2D eigenvalue weighted by atomic mass is 16.5. The van der Waals surface area contributed by atoms with Gasteiger partial charge in [-0.25, -0.2) is 0 Å². The highest BCUT2D eigenvalue weighted by molar-refractivity contribution is 6.17. The number of rotatable bonds is 4. The van der Waals surface area contributed by atoms with E-state index in [1.807, 2.05) is 12.1 Å². The number of aromatic hydroxyl groups is 1. The predicted octanol–water partition coefficient (Wildman–Crippen LogP) is 1.74. The molecule has 0 atom stereocenters. The standard InChI is InChI=1S/C12H14N2O2/c1-16-9-6-12(13-7-8-14-12)10-2-4-11(15)5-3-10/h2-5,7-8,15H,6,9H2,1H3. The molecule has 0 amide bonds. The average Bonchev–Trinajstić information content (AvgIpc) is 2.77. The van der Waals surface area contributed by atoms with Crippen molar-refractivity contribution in [3.05, 3.63) is 29.8 Å². The normalized spacial score (nSPS) is 16.8. The van der Waals surface area contributed by atoms with Gasteiger partial charge in [0.15, 0.2) is 5.66 Å². The minimum absolute atomic E-state index is 0.247. The smallest absolute Gasteiger partial charge is 0.177 e. The number of phenolic OH excluding ortho intramolecular Hbond substituents is 1. The van der Waals surface area contributed by atoms with Crippen molar-refractivity contribution in [2.75, 3.05) is 13.7 Å². The molecule has 0 fully saturated rings. The van der Waals surface area contributed by atoms with Gasteiger partial charge in [-0.1, -0.05) is 12.1 Å². The minimum atomic E-state index is -0.566. The summed E-state index contributed by atoms with van der Waals surface area (Å²) in [6.45, 7) is 0.593. The Kier molecular flexibility index (Phi) is 3.01. The van der Waals surface area contributed by atoms with E-state index < -0.39 is 5.66 Å². The van der Waals surface area contributed by atoms with Gasteiger partial charge in [-0.05, 0) is 12.1 Å². The van der Waals surface area contributed by atoms with Gasteiger partial charge in [-0.3, -0.25) is 9.98 Å². The summed E-state index contributed by atoms with van der Waals surface area (Å²) < 4.78 is 5.08. The summed E-state index contributed by atoms with van der Waals surface area (Å²) in [5.41, 5.74) is 0.399. The van der Waals surface area contributed by atoms with Crippen molar-refractivity contribution in [2.45, 2.75) is 12.1 Å². The lowest BCUT2D eigenvalue weighted by atomic mass is 9.97. The van der Waals surface area contributed by atoms with E-state index in [4.69, 9.17) is 4.74 Å². The Hall–Kier alpha value is -1.68. The molecule has 0 spiro atoms. The van der Waals surface area contributed by atoms with E-state index in [0.717, 1.165) is 5.56 Å². The first-order valence-electron chi connectivity index (χ1n) is 5.14. The summed E-state index contributed by atoms with van der Waals surface area (Å²) in [5.74, 6) is 0.247. The van der Waals surface area contributed by atoms with Crippen molar-refractivity contribution < 1.29 is 9.84 Å². The van der Waals surface area contributed by atoms with Gasteiger partial charge in [0.2, 0.25) is 0 Å². The molecule has 2 rings (SSSR count). The monoisotopic (exact) mass is 218 g/mol. The zero-order valence-electron chi connectivity index (χ0n) is 9.13. The molecule has 0 radical (unpaired) electrons. The maximum absolute atomic E-state index is 9.26. The number of phenols is 1. The van der Waals surface area contributed by atoms with E-state index in [-0.39, 0.29) is 5.75 Å². The van der Waals surface area contributed by atoms with Crippen molar-refractivity contribution >= 4 is 12.4 Å². The van der Waals surface area contributed by atoms with Crippen LogP contribution in [0.15, 0.2) is 34.3 Å². The molecule has 0 saturated carbocycles. The molecule has 4 nitrogen and oxygen atoms in total. The van der Waals surface area contributed by atoms with Crippen LogP contribution in [0.25, 0.3) is 0 Å². The van der Waals surface area contributed by atoms with Gasteiger partial charge in [0.25, 0.3) is 0 Å². The second-order valence-electron chi connectivity index (χ2n) is 3.66. The third-order valence-electron chi connectivity index (χ3n) is 2.63. The van der Waals surface area contributed by atoms with Crippen molar-refractivity contribution in [3.63, 3.8) is 0 Å². The zero-order chi connectivity index (χ0) is 11.4. The first-order valence-corrected chi connectivity index (χ1v) is 5.14. The summed E-state index contributed by atoms with van der Waals surface area (Å²) >= 11 is 0. The molecule has 1 aromatic rings. The molecule has 0 unspecified atom stereocenters. The third-order valence-corrected chi connectivity index (χ3v) is 2.63. The number of hydrogen-bond acceptors (Lipinski definition) is 4. The number of hydrogen-bond donors (Lipinski definition) is 1. The highest BCUT2D eigenvalue weighted by Crippen LogP contribution is 2.33. The highest BCUT2D eigenvalue weighted by Gasteiger charge is 2.31. The van der Waals surface area contributed by atoms with Crippen LogP contribution in [0.4, 0.5) is 0 Å². The molecule has 0 aromatic heterocycles. The van der Waals surface area contributed by atoms with Gasteiger partial charge in [0.05, 0.1) is 6.61 Å². The van der Waals surface area contributed by atoms with Crippen LogP contribution in [0.5, 0.6) is 5.75 Å². The molecule has 1 aromatic carbocycles. The molecule has 1 N–H and O–H groups in total. The summed E-state index contributed by atoms with van der Waals surface area (Å²) in [4.78, 5) is 8.79. The summed E-state index contributed by atoms with van der Waals surface area (Å²) in [7, 11) is 1.66. The number of methoxy groups -OCH3 is 1. The lowest BCUT2D eigenvalue weighted by molar-refractivity contribution is 0.171. The molecule has 1 aliphatic rings. The van der Waals surface area contributed by atoms with E-state index >= 15 is 0 Å². The number of nitrogens with zero attached hydrogens (tertiary/aromatic N) is 2. The fourth-order valence-electron chi connectivity index (χ4n) is 1.74. The SMILES string of the molecule is COCCC1(c2ccc(O)cc2)N=CC=N1. The molecule has 0 aliphatic carbocycles. The van der Waals surface area contributed by atoms with Crippen LogP contribution in [-0.4, -0.2) is 31.3 Å². The maximum atomic E-state index is 9.26. The van der Waals surface area contributed by atoms with Gasteiger partial charge in [0.1, 0.15) is 5.75 Å². The first kappa shape index (κ1) is 10.8. The van der Waals surface area contributed by atoms with Crippen LogP contribution in [0, 0.1) is 0 Å². The van der Waals surface area contributed by atoms with Crippen LogP contribution in [0.3, 0.4) is 0 Å². The topological polar surface area (TPSA) is 54.2 Å². The Bertz CT molecular complexity index is 398. The molecule has 4 heteroatoms. The molecule has 16 heavy (non-hydrogen) atoms. The fraction of sp³-hybridized carbons (Fsp3) is 0.333. The summed E-state index contributed by atoms with van der Waals surface area (Å²) in [6, 6.07) is 6.97. The van der Waals surface area contributed by atoms with Crippen LogP contribution < -0.4 is 0 Å². The van der Waals surface area contributed by atoms with Crippen molar-refractivity contribution in [2.24, 2.45) is 9.98 Å². The van der Waals surface area contributed by atoms with Crippen molar-refractivity contribution in [1.29, 1.82) is 0 Å². The second kappa shape index (κ2) is 4.45. The maximum Gasteiger partial charge on any atom is 0.177 e. The van der Waals surface area contributed by atoms with Gasteiger partial charge < -0.3 is 9.84 Å². The molecular weight excluding hydrogens is 204 g/mol. The first-order chi connectivity index (χ1) is 7.77. The largest absolute Gasteiger partial charge is 0.508 e. The van der Waals surface area contributed by atoms with E-state index in [1.54, 1.807) is 31.7 Å². The van der Waals surface area contributed by atoms with E-state index in [9.17, 15) is 5.11 Å². The van der Waals surface area contributed by atoms with Crippen LogP contribution in [-0.2, 0) is 10.4 Å². The molecule has 84 valence electrons. The zero-order valence-corrected chi connectivity index (χ0v) is 9.13. The third kappa shape index (κ3) is 1.97. The van der Waals surface area contributed by atoms with Crippen LogP contribution >= 0.6 is 0 Å². The molecule has 1 heterocycles. The van der Waals surface area contributed by atoms with Crippen LogP contribution in [0.2, 0.25) is 0 Å². The number of ether oxygens (including phenoxy) is 1. The van der Waals surface area contributed by atoms with Crippen LogP contribution in [0.1, 0.15) is 12.0 Å². The Morgan fingerprint density at radius 2 is 1.81 bits per heavy atom. The van der Waals surface area contributed by atoms with E-state index in [0.29, 0.717) is 13.0 Å². The predicted molar refractivity (Wildman–Crippen MR) is 63.3 cm³/mol.